The van der Waals surface area contributed by atoms with Gasteiger partial charge in [0, 0.05) is 31.8 Å². The molecule has 0 unspecified atom stereocenters. The number of methoxy groups -OCH3 is 1. The van der Waals surface area contributed by atoms with Gasteiger partial charge in [-0.15, -0.1) is 0 Å². The van der Waals surface area contributed by atoms with E-state index in [0.29, 0.717) is 12.2 Å². The molecule has 134 valence electrons. The van der Waals surface area contributed by atoms with Gasteiger partial charge in [0.05, 0.1) is 11.5 Å². The Morgan fingerprint density at radius 1 is 1.17 bits per heavy atom. The van der Waals surface area contributed by atoms with Crippen LogP contribution in [-0.4, -0.2) is 52.1 Å². The molecule has 1 saturated heterocycles. The fraction of sp³-hybridized carbons (Fsp3) is 0.588. The van der Waals surface area contributed by atoms with Crippen LogP contribution in [-0.2, 0) is 14.8 Å². The van der Waals surface area contributed by atoms with Gasteiger partial charge in [-0.1, -0.05) is 12.8 Å². The van der Waals surface area contributed by atoms with E-state index < -0.39 is 10.0 Å². The molecule has 1 aromatic rings. The summed E-state index contributed by atoms with van der Waals surface area (Å²) in [4.78, 5) is 14.5. The Morgan fingerprint density at radius 3 is 2.29 bits per heavy atom. The van der Waals surface area contributed by atoms with E-state index in [0.717, 1.165) is 38.8 Å². The molecule has 1 amide bonds. The van der Waals surface area contributed by atoms with Gasteiger partial charge in [0.25, 0.3) is 5.91 Å². The van der Waals surface area contributed by atoms with Crippen LogP contribution in [0.2, 0.25) is 0 Å². The molecule has 1 atom stereocenters. The zero-order valence-electron chi connectivity index (χ0n) is 14.3. The van der Waals surface area contributed by atoms with Gasteiger partial charge in [0.15, 0.2) is 0 Å². The zero-order valence-corrected chi connectivity index (χ0v) is 15.1. The van der Waals surface area contributed by atoms with Crippen LogP contribution in [0, 0.1) is 0 Å². The van der Waals surface area contributed by atoms with Crippen LogP contribution in [0.15, 0.2) is 29.2 Å². The Kier molecular flexibility index (Phi) is 6.77. The van der Waals surface area contributed by atoms with E-state index in [1.165, 1.54) is 19.2 Å². The van der Waals surface area contributed by atoms with Crippen molar-refractivity contribution in [3.05, 3.63) is 29.8 Å². The number of ether oxygens (including phenoxy) is 1. The van der Waals surface area contributed by atoms with Gasteiger partial charge in [-0.3, -0.25) is 4.79 Å². The Hall–Kier alpha value is -1.44. The fourth-order valence-electron chi connectivity index (χ4n) is 2.85. The average Bonchev–Trinajstić information content (AvgIpc) is 2.83. The first kappa shape index (κ1) is 18.9. The third-order valence-corrected chi connectivity index (χ3v) is 5.68. The molecule has 1 aliphatic rings. The molecule has 1 aromatic carbocycles. The van der Waals surface area contributed by atoms with Crippen LogP contribution in [0.1, 0.15) is 43.0 Å². The maximum Gasteiger partial charge on any atom is 0.253 e. The molecule has 0 aromatic heterocycles. The monoisotopic (exact) mass is 354 g/mol. The van der Waals surface area contributed by atoms with E-state index in [2.05, 4.69) is 4.72 Å². The molecule has 1 aliphatic heterocycles. The van der Waals surface area contributed by atoms with Crippen molar-refractivity contribution in [2.75, 3.05) is 26.8 Å². The largest absolute Gasteiger partial charge is 0.383 e. The van der Waals surface area contributed by atoms with E-state index >= 15 is 0 Å². The van der Waals surface area contributed by atoms with E-state index in [1.54, 1.807) is 19.1 Å². The summed E-state index contributed by atoms with van der Waals surface area (Å²) < 4.78 is 32.0. The van der Waals surface area contributed by atoms with Gasteiger partial charge in [-0.05, 0) is 44.0 Å². The fourth-order valence-corrected chi connectivity index (χ4v) is 4.08. The van der Waals surface area contributed by atoms with Crippen molar-refractivity contribution in [3.63, 3.8) is 0 Å². The molecule has 7 heteroatoms. The lowest BCUT2D eigenvalue weighted by Crippen LogP contribution is -2.35. The van der Waals surface area contributed by atoms with Gasteiger partial charge in [-0.25, -0.2) is 13.1 Å². The van der Waals surface area contributed by atoms with E-state index in [4.69, 9.17) is 4.74 Å². The van der Waals surface area contributed by atoms with Gasteiger partial charge in [-0.2, -0.15) is 0 Å². The Labute approximate surface area is 144 Å². The molecule has 1 heterocycles. The lowest BCUT2D eigenvalue weighted by atomic mass is 10.2. The average molecular weight is 354 g/mol. The third kappa shape index (κ3) is 5.03. The van der Waals surface area contributed by atoms with Crippen molar-refractivity contribution in [2.45, 2.75) is 43.5 Å². The lowest BCUT2D eigenvalue weighted by molar-refractivity contribution is 0.0761. The number of hydrogen-bond acceptors (Lipinski definition) is 4. The molecular weight excluding hydrogens is 328 g/mol. The molecule has 1 fully saturated rings. The molecule has 2 rings (SSSR count). The summed E-state index contributed by atoms with van der Waals surface area (Å²) in [5.41, 5.74) is 0.529. The molecule has 0 saturated carbocycles. The molecule has 0 radical (unpaired) electrons. The Balaban J connectivity index is 2.07. The number of likely N-dealkylation sites (tertiary alicyclic amines) is 1. The van der Waals surface area contributed by atoms with Crippen molar-refractivity contribution < 1.29 is 17.9 Å². The molecule has 0 spiro atoms. The third-order valence-electron chi connectivity index (χ3n) is 4.08. The number of amides is 1. The minimum Gasteiger partial charge on any atom is -0.383 e. The predicted octanol–water partition coefficient (Wildman–Crippen LogP) is 2.02. The minimum atomic E-state index is -3.61. The van der Waals surface area contributed by atoms with Gasteiger partial charge < -0.3 is 9.64 Å². The lowest BCUT2D eigenvalue weighted by Gasteiger charge is -2.20. The number of carbonyl (C=O) groups is 1. The number of benzene rings is 1. The molecule has 1 N–H and O–H groups in total. The second-order valence-electron chi connectivity index (χ2n) is 6.21. The first-order valence-corrected chi connectivity index (χ1v) is 9.83. The molecule has 24 heavy (non-hydrogen) atoms. The number of hydrogen-bond donors (Lipinski definition) is 1. The number of nitrogens with zero attached hydrogens (tertiary/aromatic N) is 1. The summed E-state index contributed by atoms with van der Waals surface area (Å²) in [6.07, 6.45) is 4.37. The first-order valence-electron chi connectivity index (χ1n) is 8.34. The molecule has 6 nitrogen and oxygen atoms in total. The number of carbonyl (C=O) groups excluding carboxylic acids is 1. The smallest absolute Gasteiger partial charge is 0.253 e. The van der Waals surface area contributed by atoms with E-state index in [-0.39, 0.29) is 16.8 Å². The molecular formula is C17H26N2O4S. The summed E-state index contributed by atoms with van der Waals surface area (Å²) in [5, 5.41) is 0. The summed E-state index contributed by atoms with van der Waals surface area (Å²) in [6, 6.07) is 5.81. The highest BCUT2D eigenvalue weighted by atomic mass is 32.2. The maximum absolute atomic E-state index is 12.5. The van der Waals surface area contributed by atoms with Crippen LogP contribution in [0.5, 0.6) is 0 Å². The van der Waals surface area contributed by atoms with Crippen LogP contribution in [0.4, 0.5) is 0 Å². The topological polar surface area (TPSA) is 75.7 Å². The second kappa shape index (κ2) is 8.60. The van der Waals surface area contributed by atoms with Crippen molar-refractivity contribution in [1.29, 1.82) is 0 Å². The highest BCUT2D eigenvalue weighted by Gasteiger charge is 2.20. The van der Waals surface area contributed by atoms with Crippen molar-refractivity contribution in [1.82, 2.24) is 9.62 Å². The Bertz CT molecular complexity index is 635. The number of nitrogens with one attached hydrogen (secondary N) is 1. The van der Waals surface area contributed by atoms with Crippen LogP contribution in [0.25, 0.3) is 0 Å². The summed E-state index contributed by atoms with van der Waals surface area (Å²) >= 11 is 0. The SMILES string of the molecule is COC[C@@H](C)NS(=O)(=O)c1ccc(C(=O)N2CCCCCC2)cc1. The number of sulfonamides is 1. The molecule has 0 bridgehead atoms. The van der Waals surface area contributed by atoms with Crippen LogP contribution in [0.3, 0.4) is 0 Å². The van der Waals surface area contributed by atoms with Gasteiger partial charge >= 0.3 is 0 Å². The summed E-state index contributed by atoms with van der Waals surface area (Å²) in [5.74, 6) is -0.0263. The van der Waals surface area contributed by atoms with Crippen molar-refractivity contribution >= 4 is 15.9 Å². The van der Waals surface area contributed by atoms with Gasteiger partial charge in [0.2, 0.25) is 10.0 Å². The zero-order chi connectivity index (χ0) is 17.6. The highest BCUT2D eigenvalue weighted by molar-refractivity contribution is 7.89. The van der Waals surface area contributed by atoms with Crippen LogP contribution < -0.4 is 4.72 Å². The van der Waals surface area contributed by atoms with E-state index in [1.807, 2.05) is 4.90 Å². The maximum atomic E-state index is 12.5. The summed E-state index contributed by atoms with van der Waals surface area (Å²) in [6.45, 7) is 3.58. The standard InChI is InChI=1S/C17H26N2O4S/c1-14(13-23-2)18-24(21,22)16-9-7-15(8-10-16)17(20)19-11-5-3-4-6-12-19/h7-10,14,18H,3-6,11-13H2,1-2H3/t14-/m1/s1. The van der Waals surface area contributed by atoms with Crippen molar-refractivity contribution in [3.8, 4) is 0 Å². The predicted molar refractivity (Wildman–Crippen MR) is 92.5 cm³/mol. The van der Waals surface area contributed by atoms with Gasteiger partial charge in [0.1, 0.15) is 0 Å². The Morgan fingerprint density at radius 2 is 1.75 bits per heavy atom. The quantitative estimate of drug-likeness (QED) is 0.848. The normalized spacial score (nSPS) is 17.3. The van der Waals surface area contributed by atoms with E-state index in [9.17, 15) is 13.2 Å². The van der Waals surface area contributed by atoms with Crippen molar-refractivity contribution in [2.24, 2.45) is 0 Å². The highest BCUT2D eigenvalue weighted by Crippen LogP contribution is 2.16. The van der Waals surface area contributed by atoms with Crippen LogP contribution >= 0.6 is 0 Å². The minimum absolute atomic E-state index is 0.0263. The first-order chi connectivity index (χ1) is 11.4. The number of rotatable bonds is 6. The second-order valence-corrected chi connectivity index (χ2v) is 7.92. The molecule has 0 aliphatic carbocycles. The summed E-state index contributed by atoms with van der Waals surface area (Å²) in [7, 11) is -2.09.